The number of nitrogens with one attached hydrogen (secondary N) is 1. The zero-order valence-corrected chi connectivity index (χ0v) is 11.4. The van der Waals surface area contributed by atoms with Crippen molar-refractivity contribution in [2.45, 2.75) is 37.6 Å². The maximum atomic E-state index is 13.8. The van der Waals surface area contributed by atoms with Gasteiger partial charge in [0.2, 0.25) is 11.8 Å². The summed E-state index contributed by atoms with van der Waals surface area (Å²) in [7, 11) is 0. The lowest BCUT2D eigenvalue weighted by atomic mass is 9.69. The van der Waals surface area contributed by atoms with Crippen molar-refractivity contribution >= 4 is 11.6 Å². The summed E-state index contributed by atoms with van der Waals surface area (Å²) < 4.78 is 40.8. The number of anilines is 1. The lowest BCUT2D eigenvalue weighted by molar-refractivity contribution is -0.138. The molecule has 1 aromatic carbocycles. The third-order valence-electron chi connectivity index (χ3n) is 4.41. The standard InChI is InChI=1S/C15H16F3N2O/c16-10-2-1-3-12(6-10)20-5-4-14(13(20)21)7-11(19)8-15(17,18)9-14/h1-3,6,11,19H,4-5,7-9H2/q-1/t11-,14+/m0/s1. The molecule has 2 atom stereocenters. The molecular formula is C15H16F3N2O-. The second kappa shape index (κ2) is 4.73. The molecule has 1 aromatic rings. The first kappa shape index (κ1) is 14.4. The molecule has 2 aliphatic rings. The van der Waals surface area contributed by atoms with Gasteiger partial charge in [0.05, 0.1) is 5.41 Å². The minimum Gasteiger partial charge on any atom is -0.674 e. The number of rotatable bonds is 1. The summed E-state index contributed by atoms with van der Waals surface area (Å²) in [6, 6.07) is 4.67. The number of carbonyl (C=O) groups excluding carboxylic acids is 1. The summed E-state index contributed by atoms with van der Waals surface area (Å²) >= 11 is 0. The average molecular weight is 297 g/mol. The number of amides is 1. The van der Waals surface area contributed by atoms with E-state index in [1.807, 2.05) is 0 Å². The van der Waals surface area contributed by atoms with Gasteiger partial charge in [-0.3, -0.25) is 4.79 Å². The Morgan fingerprint density at radius 3 is 2.71 bits per heavy atom. The Morgan fingerprint density at radius 1 is 1.29 bits per heavy atom. The zero-order valence-electron chi connectivity index (χ0n) is 11.4. The van der Waals surface area contributed by atoms with Crippen LogP contribution in [0.5, 0.6) is 0 Å². The number of benzene rings is 1. The number of alkyl halides is 2. The van der Waals surface area contributed by atoms with Crippen LogP contribution in [-0.2, 0) is 4.79 Å². The fourth-order valence-corrected chi connectivity index (χ4v) is 3.61. The van der Waals surface area contributed by atoms with E-state index in [-0.39, 0.29) is 6.42 Å². The van der Waals surface area contributed by atoms with E-state index in [0.717, 1.165) is 0 Å². The Labute approximate surface area is 120 Å². The van der Waals surface area contributed by atoms with Gasteiger partial charge in [0.1, 0.15) is 5.82 Å². The van der Waals surface area contributed by atoms with E-state index < -0.39 is 41.9 Å². The molecule has 1 aliphatic heterocycles. The van der Waals surface area contributed by atoms with Gasteiger partial charge < -0.3 is 10.6 Å². The number of hydrogen-bond donors (Lipinski definition) is 0. The van der Waals surface area contributed by atoms with Crippen LogP contribution >= 0.6 is 0 Å². The van der Waals surface area contributed by atoms with Gasteiger partial charge in [0.25, 0.3) is 0 Å². The quantitative estimate of drug-likeness (QED) is 0.777. The number of hydrogen-bond acceptors (Lipinski definition) is 1. The van der Waals surface area contributed by atoms with Gasteiger partial charge in [-0.25, -0.2) is 13.2 Å². The predicted molar refractivity (Wildman–Crippen MR) is 72.7 cm³/mol. The third-order valence-corrected chi connectivity index (χ3v) is 4.41. The Kier molecular flexibility index (Phi) is 3.24. The third kappa shape index (κ3) is 2.52. The molecule has 2 fully saturated rings. The fourth-order valence-electron chi connectivity index (χ4n) is 3.61. The summed E-state index contributed by atoms with van der Waals surface area (Å²) in [5.74, 6) is -3.84. The van der Waals surface area contributed by atoms with E-state index in [2.05, 4.69) is 0 Å². The van der Waals surface area contributed by atoms with Crippen LogP contribution in [0.1, 0.15) is 25.7 Å². The Bertz CT molecular complexity index is 578. The smallest absolute Gasteiger partial charge is 0.247 e. The lowest BCUT2D eigenvalue weighted by Gasteiger charge is -2.43. The van der Waals surface area contributed by atoms with Gasteiger partial charge >= 0.3 is 0 Å². The summed E-state index contributed by atoms with van der Waals surface area (Å²) in [5, 5.41) is 0. The van der Waals surface area contributed by atoms with E-state index >= 15 is 0 Å². The molecule has 1 amide bonds. The van der Waals surface area contributed by atoms with Gasteiger partial charge in [-0.05, 0) is 31.0 Å². The first-order valence-corrected chi connectivity index (χ1v) is 6.98. The summed E-state index contributed by atoms with van der Waals surface area (Å²) in [4.78, 5) is 14.0. The SMILES string of the molecule is [NH-][C@@H]1CC(F)(F)C[C@@]2(CCN(c3cccc(F)c3)C2=O)C1. The van der Waals surface area contributed by atoms with Crippen molar-refractivity contribution in [3.05, 3.63) is 35.8 Å². The molecule has 3 nitrogen and oxygen atoms in total. The van der Waals surface area contributed by atoms with Crippen LogP contribution in [0.4, 0.5) is 18.9 Å². The van der Waals surface area contributed by atoms with Crippen LogP contribution in [0.15, 0.2) is 24.3 Å². The highest BCUT2D eigenvalue weighted by Gasteiger charge is 2.55. The van der Waals surface area contributed by atoms with Crippen LogP contribution in [0.2, 0.25) is 0 Å². The maximum absolute atomic E-state index is 13.8. The minimum absolute atomic E-state index is 0.160. The van der Waals surface area contributed by atoms with Crippen LogP contribution in [0, 0.1) is 11.2 Å². The molecule has 0 aromatic heterocycles. The number of carbonyl (C=O) groups is 1. The molecule has 1 aliphatic carbocycles. The van der Waals surface area contributed by atoms with Gasteiger partial charge in [-0.2, -0.15) is 0 Å². The topological polar surface area (TPSA) is 44.1 Å². The fraction of sp³-hybridized carbons (Fsp3) is 0.533. The molecular weight excluding hydrogens is 281 g/mol. The first-order valence-electron chi connectivity index (χ1n) is 6.98. The van der Waals surface area contributed by atoms with Crippen molar-refractivity contribution in [3.63, 3.8) is 0 Å². The van der Waals surface area contributed by atoms with Crippen LogP contribution in [0.3, 0.4) is 0 Å². The van der Waals surface area contributed by atoms with Gasteiger partial charge in [0.15, 0.2) is 0 Å². The van der Waals surface area contributed by atoms with Crippen molar-refractivity contribution in [2.24, 2.45) is 5.41 Å². The van der Waals surface area contributed by atoms with Crippen molar-refractivity contribution < 1.29 is 18.0 Å². The highest BCUT2D eigenvalue weighted by Crippen LogP contribution is 2.51. The molecule has 1 heterocycles. The number of halogens is 3. The maximum Gasteiger partial charge on any atom is 0.247 e. The van der Waals surface area contributed by atoms with Gasteiger partial charge in [-0.15, -0.1) is 6.04 Å². The zero-order chi connectivity index (χ0) is 15.3. The molecule has 0 bridgehead atoms. The summed E-state index contributed by atoms with van der Waals surface area (Å²) in [6.45, 7) is 0.297. The Balaban J connectivity index is 1.89. The molecule has 0 unspecified atom stereocenters. The molecule has 1 saturated heterocycles. The van der Waals surface area contributed by atoms with E-state index in [9.17, 15) is 18.0 Å². The summed E-state index contributed by atoms with van der Waals surface area (Å²) in [6.07, 6.45) is -0.525. The molecule has 1 saturated carbocycles. The second-order valence-corrected chi connectivity index (χ2v) is 6.10. The minimum atomic E-state index is -2.97. The number of nitrogens with zero attached hydrogens (tertiary/aromatic N) is 1. The molecule has 3 rings (SSSR count). The van der Waals surface area contributed by atoms with E-state index in [4.69, 9.17) is 5.73 Å². The van der Waals surface area contributed by atoms with Crippen LogP contribution in [0.25, 0.3) is 5.73 Å². The van der Waals surface area contributed by atoms with Crippen molar-refractivity contribution in [1.29, 1.82) is 0 Å². The lowest BCUT2D eigenvalue weighted by Crippen LogP contribution is -2.45. The monoisotopic (exact) mass is 297 g/mol. The van der Waals surface area contributed by atoms with Gasteiger partial charge in [-0.1, -0.05) is 12.5 Å². The predicted octanol–water partition coefficient (Wildman–Crippen LogP) is 3.79. The molecule has 21 heavy (non-hydrogen) atoms. The molecule has 6 heteroatoms. The first-order chi connectivity index (χ1) is 9.81. The molecule has 114 valence electrons. The highest BCUT2D eigenvalue weighted by atomic mass is 19.3. The largest absolute Gasteiger partial charge is 0.674 e. The van der Waals surface area contributed by atoms with E-state index in [1.165, 1.54) is 23.1 Å². The van der Waals surface area contributed by atoms with Crippen LogP contribution in [-0.4, -0.2) is 24.4 Å². The highest BCUT2D eigenvalue weighted by molar-refractivity contribution is 6.00. The Hall–Kier alpha value is -1.56. The normalized spacial score (nSPS) is 31.9. The van der Waals surface area contributed by atoms with Crippen LogP contribution < -0.4 is 4.90 Å². The second-order valence-electron chi connectivity index (χ2n) is 6.10. The van der Waals surface area contributed by atoms with Crippen molar-refractivity contribution in [2.75, 3.05) is 11.4 Å². The van der Waals surface area contributed by atoms with E-state index in [0.29, 0.717) is 18.7 Å². The molecule has 1 N–H and O–H groups in total. The Morgan fingerprint density at radius 2 is 2.05 bits per heavy atom. The molecule has 1 spiro atoms. The summed E-state index contributed by atoms with van der Waals surface area (Å²) in [5.41, 5.74) is 6.93. The van der Waals surface area contributed by atoms with E-state index in [1.54, 1.807) is 6.07 Å². The van der Waals surface area contributed by atoms with Crippen molar-refractivity contribution in [1.82, 2.24) is 0 Å². The van der Waals surface area contributed by atoms with Crippen molar-refractivity contribution in [3.8, 4) is 0 Å². The molecule has 0 radical (unpaired) electrons. The van der Waals surface area contributed by atoms with Gasteiger partial charge in [0, 0.05) is 18.7 Å². The average Bonchev–Trinajstić information content (AvgIpc) is 2.64.